The molecule has 3 aromatic heterocycles. The van der Waals surface area contributed by atoms with E-state index in [0.29, 0.717) is 40.9 Å². The normalized spacial score (nSPS) is 15.1. The summed E-state index contributed by atoms with van der Waals surface area (Å²) in [6, 6.07) is 9.69. The molecule has 0 saturated heterocycles. The standard InChI is InChI=1S/C22H22N8O3S/c1-2-16(31)24-9-10-30-20-18(19(23)25-12-26-20)28-22(30)34-17-11-32-21(33-17)14-6-4-3-5-13(14)15-7-8-27-29-15/h3-8,11-12,21H,2,9-10H2,1H3,(H,24,31)(H,27,29)(H2,23,25,26). The Labute approximate surface area is 198 Å². The number of carbonyl (C=O) groups is 1. The quantitative estimate of drug-likeness (QED) is 0.348. The van der Waals surface area contributed by atoms with Gasteiger partial charge < -0.3 is 25.1 Å². The predicted molar refractivity (Wildman–Crippen MR) is 126 cm³/mol. The number of hydrogen-bond acceptors (Lipinski definition) is 9. The Morgan fingerprint density at radius 1 is 1.29 bits per heavy atom. The summed E-state index contributed by atoms with van der Waals surface area (Å²) in [6.07, 6.45) is 4.46. The Morgan fingerprint density at radius 3 is 3.00 bits per heavy atom. The van der Waals surface area contributed by atoms with Gasteiger partial charge in [-0.1, -0.05) is 31.2 Å². The molecule has 1 atom stereocenters. The van der Waals surface area contributed by atoms with E-state index in [-0.39, 0.29) is 11.7 Å². The fraction of sp³-hybridized carbons (Fsp3) is 0.227. The maximum atomic E-state index is 11.7. The summed E-state index contributed by atoms with van der Waals surface area (Å²) in [7, 11) is 0. The SMILES string of the molecule is CCC(=O)NCCn1c(SC2=COC(c3ccccc3-c3ccn[nH]3)O2)nc2c(N)ncnc21. The highest BCUT2D eigenvalue weighted by Gasteiger charge is 2.27. The van der Waals surface area contributed by atoms with Crippen molar-refractivity contribution in [3.63, 3.8) is 0 Å². The summed E-state index contributed by atoms with van der Waals surface area (Å²) >= 11 is 1.29. The van der Waals surface area contributed by atoms with Crippen molar-refractivity contribution in [1.82, 2.24) is 35.0 Å². The largest absolute Gasteiger partial charge is 0.454 e. The van der Waals surface area contributed by atoms with E-state index in [2.05, 4.69) is 30.5 Å². The summed E-state index contributed by atoms with van der Waals surface area (Å²) in [6.45, 7) is 2.69. The first-order chi connectivity index (χ1) is 16.6. The van der Waals surface area contributed by atoms with Gasteiger partial charge in [-0.3, -0.25) is 9.89 Å². The number of rotatable bonds is 8. The minimum atomic E-state index is -0.617. The van der Waals surface area contributed by atoms with Crippen molar-refractivity contribution in [3.8, 4) is 11.3 Å². The number of nitrogens with zero attached hydrogens (tertiary/aromatic N) is 5. The van der Waals surface area contributed by atoms with E-state index >= 15 is 0 Å². The van der Waals surface area contributed by atoms with Crippen molar-refractivity contribution in [1.29, 1.82) is 0 Å². The number of benzene rings is 1. The highest BCUT2D eigenvalue weighted by Crippen LogP contribution is 2.40. The molecule has 11 nitrogen and oxygen atoms in total. The zero-order valence-corrected chi connectivity index (χ0v) is 19.1. The lowest BCUT2D eigenvalue weighted by molar-refractivity contribution is -0.120. The Bertz CT molecular complexity index is 1350. The number of nitrogens with two attached hydrogens (primary N) is 1. The molecule has 34 heavy (non-hydrogen) atoms. The lowest BCUT2D eigenvalue weighted by Gasteiger charge is -2.15. The molecule has 1 amide bonds. The molecule has 0 saturated carbocycles. The van der Waals surface area contributed by atoms with Gasteiger partial charge in [-0.15, -0.1) is 0 Å². The van der Waals surface area contributed by atoms with Crippen LogP contribution in [0.1, 0.15) is 25.2 Å². The number of thioether (sulfide) groups is 1. The second-order valence-corrected chi connectivity index (χ2v) is 8.33. The first-order valence-electron chi connectivity index (χ1n) is 10.7. The smallest absolute Gasteiger partial charge is 0.268 e. The third-order valence-electron chi connectivity index (χ3n) is 5.21. The average Bonchev–Trinajstić information content (AvgIpc) is 3.61. The molecule has 0 spiro atoms. The van der Waals surface area contributed by atoms with Crippen molar-refractivity contribution in [2.24, 2.45) is 0 Å². The zero-order valence-electron chi connectivity index (χ0n) is 18.3. The van der Waals surface area contributed by atoms with E-state index in [0.717, 1.165) is 16.8 Å². The minimum Gasteiger partial charge on any atom is -0.454 e. The highest BCUT2D eigenvalue weighted by atomic mass is 32.2. The van der Waals surface area contributed by atoms with E-state index < -0.39 is 6.29 Å². The second-order valence-electron chi connectivity index (χ2n) is 7.36. The number of fused-ring (bicyclic) bond motifs is 1. The molecular weight excluding hydrogens is 456 g/mol. The van der Waals surface area contributed by atoms with Gasteiger partial charge in [0.1, 0.15) is 12.6 Å². The first-order valence-corrected chi connectivity index (χ1v) is 11.5. The summed E-state index contributed by atoms with van der Waals surface area (Å²) in [5.41, 5.74) is 9.77. The van der Waals surface area contributed by atoms with Crippen LogP contribution in [-0.4, -0.2) is 42.2 Å². The number of H-pyrrole nitrogens is 1. The molecule has 1 aromatic carbocycles. The molecule has 0 radical (unpaired) electrons. The molecule has 0 bridgehead atoms. The maximum Gasteiger partial charge on any atom is 0.268 e. The van der Waals surface area contributed by atoms with Gasteiger partial charge in [0.05, 0.1) is 5.69 Å². The van der Waals surface area contributed by atoms with Gasteiger partial charge in [0.2, 0.25) is 11.0 Å². The number of amides is 1. The molecule has 4 heterocycles. The van der Waals surface area contributed by atoms with Crippen LogP contribution >= 0.6 is 11.8 Å². The number of ether oxygens (including phenoxy) is 2. The summed E-state index contributed by atoms with van der Waals surface area (Å²) in [4.78, 5) is 24.7. The highest BCUT2D eigenvalue weighted by molar-refractivity contribution is 8.02. The summed E-state index contributed by atoms with van der Waals surface area (Å²) < 4.78 is 13.8. The second kappa shape index (κ2) is 9.43. The molecule has 174 valence electrons. The fourth-order valence-corrected chi connectivity index (χ4v) is 4.40. The topological polar surface area (TPSA) is 146 Å². The van der Waals surface area contributed by atoms with Crippen molar-refractivity contribution in [3.05, 3.63) is 59.8 Å². The number of nitrogen functional groups attached to an aromatic ring is 1. The third kappa shape index (κ3) is 4.27. The van der Waals surface area contributed by atoms with E-state index in [1.54, 1.807) is 12.5 Å². The Hall–Kier alpha value is -4.06. The molecule has 1 aliphatic heterocycles. The predicted octanol–water partition coefficient (Wildman–Crippen LogP) is 2.96. The summed E-state index contributed by atoms with van der Waals surface area (Å²) in [5, 5.41) is 11.0. The molecule has 1 unspecified atom stereocenters. The number of hydrogen-bond donors (Lipinski definition) is 3. The van der Waals surface area contributed by atoms with Crippen molar-refractivity contribution >= 4 is 34.7 Å². The summed E-state index contributed by atoms with van der Waals surface area (Å²) in [5.74, 6) is 0.258. The van der Waals surface area contributed by atoms with Gasteiger partial charge in [-0.05, 0) is 17.8 Å². The molecule has 0 aliphatic carbocycles. The lowest BCUT2D eigenvalue weighted by atomic mass is 10.0. The van der Waals surface area contributed by atoms with E-state index in [1.807, 2.05) is 41.8 Å². The molecular formula is C22H22N8O3S. The molecule has 5 rings (SSSR count). The van der Waals surface area contributed by atoms with Gasteiger partial charge in [-0.2, -0.15) is 5.10 Å². The Balaban J connectivity index is 1.37. The van der Waals surface area contributed by atoms with Crippen molar-refractivity contribution in [2.45, 2.75) is 31.3 Å². The van der Waals surface area contributed by atoms with Gasteiger partial charge in [0.25, 0.3) is 6.29 Å². The van der Waals surface area contributed by atoms with Crippen LogP contribution in [0.3, 0.4) is 0 Å². The third-order valence-corrected chi connectivity index (χ3v) is 6.10. The monoisotopic (exact) mass is 478 g/mol. The number of aromatic amines is 1. The molecule has 12 heteroatoms. The number of imidazole rings is 1. The number of anilines is 1. The van der Waals surface area contributed by atoms with Crippen LogP contribution in [0.2, 0.25) is 0 Å². The van der Waals surface area contributed by atoms with Crippen molar-refractivity contribution < 1.29 is 14.3 Å². The minimum absolute atomic E-state index is 0.0261. The van der Waals surface area contributed by atoms with Gasteiger partial charge in [-0.25, -0.2) is 15.0 Å². The van der Waals surface area contributed by atoms with E-state index in [1.165, 1.54) is 18.1 Å². The Kier molecular flexibility index (Phi) is 6.04. The van der Waals surface area contributed by atoms with Crippen LogP contribution in [0, 0.1) is 0 Å². The fourth-order valence-electron chi connectivity index (χ4n) is 3.55. The molecule has 1 aliphatic rings. The zero-order chi connectivity index (χ0) is 23.5. The van der Waals surface area contributed by atoms with Crippen LogP contribution in [0.4, 0.5) is 5.82 Å². The van der Waals surface area contributed by atoms with Crippen LogP contribution < -0.4 is 11.1 Å². The van der Waals surface area contributed by atoms with Crippen LogP contribution in [0.25, 0.3) is 22.4 Å². The van der Waals surface area contributed by atoms with Gasteiger partial charge >= 0.3 is 0 Å². The maximum absolute atomic E-state index is 11.7. The molecule has 0 fully saturated rings. The van der Waals surface area contributed by atoms with E-state index in [4.69, 9.17) is 15.2 Å². The number of nitrogens with one attached hydrogen (secondary N) is 2. The first kappa shape index (κ1) is 21.8. The number of aromatic nitrogens is 6. The van der Waals surface area contributed by atoms with Gasteiger partial charge in [0, 0.05) is 36.8 Å². The van der Waals surface area contributed by atoms with E-state index in [9.17, 15) is 4.79 Å². The average molecular weight is 479 g/mol. The Morgan fingerprint density at radius 2 is 2.18 bits per heavy atom. The number of carbonyl (C=O) groups excluding carboxylic acids is 1. The van der Waals surface area contributed by atoms with Crippen LogP contribution in [-0.2, 0) is 20.8 Å². The van der Waals surface area contributed by atoms with Crippen LogP contribution in [0.15, 0.2) is 59.4 Å². The van der Waals surface area contributed by atoms with Gasteiger partial charge in [0.15, 0.2) is 22.1 Å². The molecule has 4 aromatic rings. The molecule has 4 N–H and O–H groups in total. The lowest BCUT2D eigenvalue weighted by Crippen LogP contribution is -2.26. The van der Waals surface area contributed by atoms with Crippen LogP contribution in [0.5, 0.6) is 0 Å². The van der Waals surface area contributed by atoms with Crippen molar-refractivity contribution in [2.75, 3.05) is 12.3 Å².